The zero-order valence-corrected chi connectivity index (χ0v) is 12.2. The fourth-order valence-electron chi connectivity index (χ4n) is 1.80. The molecule has 2 aromatic rings. The molecular formula is C15H13BrFNO. The summed E-state index contributed by atoms with van der Waals surface area (Å²) in [4.78, 5) is 12.1. The molecule has 1 N–H and O–H groups in total. The van der Waals surface area contributed by atoms with Gasteiger partial charge < -0.3 is 5.32 Å². The monoisotopic (exact) mass is 321 g/mol. The van der Waals surface area contributed by atoms with Crippen LogP contribution in [-0.2, 0) is 0 Å². The first-order valence-corrected chi connectivity index (χ1v) is 6.60. The van der Waals surface area contributed by atoms with Crippen molar-refractivity contribution >= 4 is 27.5 Å². The Morgan fingerprint density at radius 1 is 1.21 bits per heavy atom. The number of carbonyl (C=O) groups excluding carboxylic acids is 1. The molecule has 0 aliphatic carbocycles. The first kappa shape index (κ1) is 13.7. The molecule has 0 atom stereocenters. The van der Waals surface area contributed by atoms with Crippen LogP contribution in [0.25, 0.3) is 0 Å². The molecule has 0 spiro atoms. The summed E-state index contributed by atoms with van der Waals surface area (Å²) < 4.78 is 14.2. The van der Waals surface area contributed by atoms with E-state index in [0.29, 0.717) is 11.3 Å². The van der Waals surface area contributed by atoms with Crippen LogP contribution in [0.1, 0.15) is 21.5 Å². The number of hydrogen-bond donors (Lipinski definition) is 1. The second kappa shape index (κ2) is 5.53. The van der Waals surface area contributed by atoms with Crippen LogP contribution < -0.4 is 5.32 Å². The van der Waals surface area contributed by atoms with E-state index in [9.17, 15) is 9.18 Å². The zero-order valence-electron chi connectivity index (χ0n) is 10.6. The Kier molecular flexibility index (Phi) is 4.00. The van der Waals surface area contributed by atoms with Crippen LogP contribution in [0.15, 0.2) is 40.9 Å². The second-order valence-electron chi connectivity index (χ2n) is 4.38. The summed E-state index contributed by atoms with van der Waals surface area (Å²) >= 11 is 3.40. The highest BCUT2D eigenvalue weighted by Crippen LogP contribution is 2.24. The van der Waals surface area contributed by atoms with E-state index in [4.69, 9.17) is 0 Å². The minimum Gasteiger partial charge on any atom is -0.322 e. The van der Waals surface area contributed by atoms with Crippen LogP contribution in [0, 0.1) is 19.7 Å². The fourth-order valence-corrected chi connectivity index (χ4v) is 2.17. The zero-order chi connectivity index (χ0) is 14.0. The van der Waals surface area contributed by atoms with Crippen molar-refractivity contribution < 1.29 is 9.18 Å². The van der Waals surface area contributed by atoms with Gasteiger partial charge >= 0.3 is 0 Å². The standard InChI is InChI=1S/C15H13BrFNO/c1-9-6-11(8-12(17)7-9)15(19)18-14-5-3-4-13(16)10(14)2/h3-8H,1-2H3,(H,18,19). The van der Waals surface area contributed by atoms with E-state index in [0.717, 1.165) is 15.6 Å². The lowest BCUT2D eigenvalue weighted by molar-refractivity contribution is 0.102. The number of benzene rings is 2. The smallest absolute Gasteiger partial charge is 0.255 e. The molecular weight excluding hydrogens is 309 g/mol. The average Bonchev–Trinajstić information content (AvgIpc) is 2.33. The van der Waals surface area contributed by atoms with Crippen LogP contribution in [0.3, 0.4) is 0 Å². The predicted octanol–water partition coefficient (Wildman–Crippen LogP) is 4.46. The number of hydrogen-bond acceptors (Lipinski definition) is 1. The Bertz CT molecular complexity index is 620. The molecule has 0 fully saturated rings. The van der Waals surface area contributed by atoms with E-state index in [1.807, 2.05) is 25.1 Å². The van der Waals surface area contributed by atoms with Gasteiger partial charge in [-0.1, -0.05) is 22.0 Å². The van der Waals surface area contributed by atoms with E-state index in [-0.39, 0.29) is 5.91 Å². The maximum absolute atomic E-state index is 13.3. The van der Waals surface area contributed by atoms with Crippen molar-refractivity contribution in [1.29, 1.82) is 0 Å². The summed E-state index contributed by atoms with van der Waals surface area (Å²) in [6.07, 6.45) is 0. The van der Waals surface area contributed by atoms with E-state index in [1.54, 1.807) is 13.0 Å². The minimum absolute atomic E-state index is 0.316. The van der Waals surface area contributed by atoms with Gasteiger partial charge in [-0.25, -0.2) is 4.39 Å². The van der Waals surface area contributed by atoms with Gasteiger partial charge in [0.15, 0.2) is 0 Å². The Morgan fingerprint density at radius 3 is 2.63 bits per heavy atom. The molecule has 0 heterocycles. The van der Waals surface area contributed by atoms with Crippen molar-refractivity contribution in [2.45, 2.75) is 13.8 Å². The summed E-state index contributed by atoms with van der Waals surface area (Å²) in [5, 5.41) is 2.79. The van der Waals surface area contributed by atoms with E-state index >= 15 is 0 Å². The molecule has 0 aromatic heterocycles. The summed E-state index contributed by atoms with van der Waals surface area (Å²) in [6.45, 7) is 3.65. The van der Waals surface area contributed by atoms with E-state index < -0.39 is 5.82 Å². The first-order valence-electron chi connectivity index (χ1n) is 5.81. The third kappa shape index (κ3) is 3.20. The van der Waals surface area contributed by atoms with Gasteiger partial charge in [-0.05, 0) is 55.3 Å². The number of carbonyl (C=O) groups is 1. The van der Waals surface area contributed by atoms with Crippen molar-refractivity contribution in [3.8, 4) is 0 Å². The molecule has 2 aromatic carbocycles. The molecule has 19 heavy (non-hydrogen) atoms. The fraction of sp³-hybridized carbons (Fsp3) is 0.133. The molecule has 98 valence electrons. The Hall–Kier alpha value is -1.68. The second-order valence-corrected chi connectivity index (χ2v) is 5.24. The lowest BCUT2D eigenvalue weighted by atomic mass is 10.1. The molecule has 4 heteroatoms. The van der Waals surface area contributed by atoms with Gasteiger partial charge in [-0.3, -0.25) is 4.79 Å². The van der Waals surface area contributed by atoms with Crippen LogP contribution in [0.2, 0.25) is 0 Å². The lowest BCUT2D eigenvalue weighted by Crippen LogP contribution is -2.13. The van der Waals surface area contributed by atoms with Crippen molar-refractivity contribution in [3.05, 3.63) is 63.4 Å². The van der Waals surface area contributed by atoms with Gasteiger partial charge in [0.2, 0.25) is 0 Å². The molecule has 1 amide bonds. The van der Waals surface area contributed by atoms with Crippen LogP contribution in [0.5, 0.6) is 0 Å². The highest BCUT2D eigenvalue weighted by molar-refractivity contribution is 9.10. The lowest BCUT2D eigenvalue weighted by Gasteiger charge is -2.10. The predicted molar refractivity (Wildman–Crippen MR) is 78.0 cm³/mol. The molecule has 0 aliphatic heterocycles. The molecule has 0 unspecified atom stereocenters. The topological polar surface area (TPSA) is 29.1 Å². The largest absolute Gasteiger partial charge is 0.322 e. The summed E-state index contributed by atoms with van der Waals surface area (Å²) in [6, 6.07) is 9.83. The number of amides is 1. The quantitative estimate of drug-likeness (QED) is 0.869. The maximum atomic E-state index is 13.3. The van der Waals surface area contributed by atoms with Crippen LogP contribution in [0.4, 0.5) is 10.1 Å². The van der Waals surface area contributed by atoms with Gasteiger partial charge in [-0.15, -0.1) is 0 Å². The first-order chi connectivity index (χ1) is 8.97. The number of anilines is 1. The number of halogens is 2. The van der Waals surface area contributed by atoms with Crippen molar-refractivity contribution in [2.24, 2.45) is 0 Å². The summed E-state index contributed by atoms with van der Waals surface area (Å²) in [7, 11) is 0. The van der Waals surface area contributed by atoms with Gasteiger partial charge in [0, 0.05) is 15.7 Å². The molecule has 0 saturated carbocycles. The van der Waals surface area contributed by atoms with Gasteiger partial charge in [0.05, 0.1) is 0 Å². The van der Waals surface area contributed by atoms with E-state index in [1.165, 1.54) is 12.1 Å². The SMILES string of the molecule is Cc1cc(F)cc(C(=O)Nc2cccc(Br)c2C)c1. The molecule has 0 radical (unpaired) electrons. The molecule has 0 bridgehead atoms. The Balaban J connectivity index is 2.28. The third-order valence-corrected chi connectivity index (χ3v) is 3.68. The number of nitrogens with one attached hydrogen (secondary N) is 1. The minimum atomic E-state index is -0.406. The Labute approximate surface area is 119 Å². The van der Waals surface area contributed by atoms with Crippen LogP contribution in [-0.4, -0.2) is 5.91 Å². The van der Waals surface area contributed by atoms with Crippen molar-refractivity contribution in [1.82, 2.24) is 0 Å². The van der Waals surface area contributed by atoms with Crippen LogP contribution >= 0.6 is 15.9 Å². The van der Waals surface area contributed by atoms with Gasteiger partial charge in [0.1, 0.15) is 5.82 Å². The molecule has 0 saturated heterocycles. The average molecular weight is 322 g/mol. The third-order valence-electron chi connectivity index (χ3n) is 2.82. The maximum Gasteiger partial charge on any atom is 0.255 e. The summed E-state index contributed by atoms with van der Waals surface area (Å²) in [5.41, 5.74) is 2.68. The van der Waals surface area contributed by atoms with Crippen molar-refractivity contribution in [3.63, 3.8) is 0 Å². The van der Waals surface area contributed by atoms with Gasteiger partial charge in [-0.2, -0.15) is 0 Å². The van der Waals surface area contributed by atoms with E-state index in [2.05, 4.69) is 21.2 Å². The Morgan fingerprint density at radius 2 is 1.95 bits per heavy atom. The van der Waals surface area contributed by atoms with Gasteiger partial charge in [0.25, 0.3) is 5.91 Å². The highest BCUT2D eigenvalue weighted by Gasteiger charge is 2.10. The number of rotatable bonds is 2. The normalized spacial score (nSPS) is 10.3. The highest BCUT2D eigenvalue weighted by atomic mass is 79.9. The molecule has 2 nitrogen and oxygen atoms in total. The molecule has 2 rings (SSSR count). The summed E-state index contributed by atoms with van der Waals surface area (Å²) in [5.74, 6) is -0.722. The van der Waals surface area contributed by atoms with Crippen molar-refractivity contribution in [2.75, 3.05) is 5.32 Å². The molecule has 0 aliphatic rings. The number of aryl methyl sites for hydroxylation is 1.